The van der Waals surface area contributed by atoms with Gasteiger partial charge < -0.3 is 19.7 Å². The molecule has 1 saturated heterocycles. The van der Waals surface area contributed by atoms with Crippen LogP contribution in [0.2, 0.25) is 0 Å². The number of hydrogen-bond acceptors (Lipinski definition) is 8. The van der Waals surface area contributed by atoms with Crippen molar-refractivity contribution < 1.29 is 22.6 Å². The van der Waals surface area contributed by atoms with Crippen LogP contribution in [-0.4, -0.2) is 58.4 Å². The van der Waals surface area contributed by atoms with Gasteiger partial charge in [0.2, 0.25) is 5.95 Å². The lowest BCUT2D eigenvalue weighted by Crippen LogP contribution is -2.36. The summed E-state index contributed by atoms with van der Waals surface area (Å²) >= 11 is 0. The molecule has 8 nitrogen and oxygen atoms in total. The Morgan fingerprint density at radius 2 is 1.74 bits per heavy atom. The van der Waals surface area contributed by atoms with E-state index in [1.807, 2.05) is 6.07 Å². The maximum Gasteiger partial charge on any atom is 0.434 e. The van der Waals surface area contributed by atoms with Crippen LogP contribution in [0.15, 0.2) is 36.8 Å². The second-order valence-electron chi connectivity index (χ2n) is 8.47. The third-order valence-electron chi connectivity index (χ3n) is 6.13. The number of rotatable bonds is 5. The van der Waals surface area contributed by atoms with Crippen molar-refractivity contribution in [1.82, 2.24) is 19.9 Å². The molecule has 1 N–H and O–H groups in total. The molecule has 1 saturated carbocycles. The fraction of sp³-hybridized carbons (Fsp3) is 0.478. The topological polar surface area (TPSA) is 85.3 Å². The van der Waals surface area contributed by atoms with E-state index < -0.39 is 11.9 Å². The van der Waals surface area contributed by atoms with Crippen molar-refractivity contribution in [1.29, 1.82) is 0 Å². The van der Waals surface area contributed by atoms with E-state index in [4.69, 9.17) is 9.47 Å². The fourth-order valence-corrected chi connectivity index (χ4v) is 4.37. The van der Waals surface area contributed by atoms with Crippen molar-refractivity contribution in [3.63, 3.8) is 0 Å². The minimum absolute atomic E-state index is 0.0676. The standard InChI is InChI=1S/C23H25F3N6O2/c24-23(25,26)20-14-29-21-18(31-20)12-16(32-8-10-33-11-9-32)13-19(21)34-17-4-2-15(3-5-17)30-22-27-6-1-7-28-22/h1,6-7,12-15,17H,2-5,8-11H2,(H,27,28,30)/t15-,17+. The second kappa shape index (κ2) is 9.57. The van der Waals surface area contributed by atoms with Gasteiger partial charge in [-0.25, -0.2) is 19.9 Å². The van der Waals surface area contributed by atoms with Gasteiger partial charge in [-0.3, -0.25) is 0 Å². The summed E-state index contributed by atoms with van der Waals surface area (Å²) in [5, 5.41) is 3.34. The molecular formula is C23H25F3N6O2. The molecule has 180 valence electrons. The predicted molar refractivity (Wildman–Crippen MR) is 120 cm³/mol. The number of alkyl halides is 3. The number of hydrogen-bond donors (Lipinski definition) is 1. The average molecular weight is 474 g/mol. The highest BCUT2D eigenvalue weighted by molar-refractivity contribution is 5.85. The van der Waals surface area contributed by atoms with Crippen LogP contribution in [0.1, 0.15) is 31.4 Å². The van der Waals surface area contributed by atoms with Crippen LogP contribution in [0.5, 0.6) is 5.75 Å². The lowest BCUT2D eigenvalue weighted by Gasteiger charge is -2.31. The van der Waals surface area contributed by atoms with Crippen LogP contribution in [0, 0.1) is 0 Å². The highest BCUT2D eigenvalue weighted by atomic mass is 19.4. The third kappa shape index (κ3) is 5.14. The monoisotopic (exact) mass is 474 g/mol. The van der Waals surface area contributed by atoms with Crippen molar-refractivity contribution in [2.24, 2.45) is 0 Å². The Morgan fingerprint density at radius 1 is 1.00 bits per heavy atom. The van der Waals surface area contributed by atoms with E-state index in [-0.39, 0.29) is 17.7 Å². The summed E-state index contributed by atoms with van der Waals surface area (Å²) in [4.78, 5) is 18.4. The predicted octanol–water partition coefficient (Wildman–Crippen LogP) is 4.08. The van der Waals surface area contributed by atoms with Crippen molar-refractivity contribution in [3.8, 4) is 5.75 Å². The Labute approximate surface area is 194 Å². The molecule has 34 heavy (non-hydrogen) atoms. The molecule has 2 aliphatic rings. The minimum atomic E-state index is -4.56. The van der Waals surface area contributed by atoms with Gasteiger partial charge in [0, 0.05) is 43.3 Å². The normalized spacial score (nSPS) is 21.4. The highest BCUT2D eigenvalue weighted by Crippen LogP contribution is 2.35. The van der Waals surface area contributed by atoms with E-state index in [0.717, 1.165) is 37.6 Å². The van der Waals surface area contributed by atoms with Crippen molar-refractivity contribution in [2.75, 3.05) is 36.5 Å². The number of fused-ring (bicyclic) bond motifs is 1. The zero-order chi connectivity index (χ0) is 23.5. The van der Waals surface area contributed by atoms with Gasteiger partial charge in [0.25, 0.3) is 0 Å². The van der Waals surface area contributed by atoms with Crippen LogP contribution in [0.3, 0.4) is 0 Å². The Balaban J connectivity index is 1.36. The van der Waals surface area contributed by atoms with E-state index in [9.17, 15) is 13.2 Å². The molecule has 1 aromatic carbocycles. The summed E-state index contributed by atoms with van der Waals surface area (Å²) in [5.41, 5.74) is 0.254. The van der Waals surface area contributed by atoms with Gasteiger partial charge in [-0.1, -0.05) is 0 Å². The summed E-state index contributed by atoms with van der Waals surface area (Å²) in [6, 6.07) is 5.52. The van der Waals surface area contributed by atoms with Gasteiger partial charge in [-0.2, -0.15) is 13.2 Å². The summed E-state index contributed by atoms with van der Waals surface area (Å²) in [5.74, 6) is 1.06. The largest absolute Gasteiger partial charge is 0.488 e. The molecule has 3 aromatic rings. The zero-order valence-corrected chi connectivity index (χ0v) is 18.5. The molecule has 0 bridgehead atoms. The van der Waals surface area contributed by atoms with E-state index in [0.29, 0.717) is 43.5 Å². The summed E-state index contributed by atoms with van der Waals surface area (Å²) in [6.07, 6.45) is 2.85. The Kier molecular flexibility index (Phi) is 6.36. The molecule has 0 unspecified atom stereocenters. The first kappa shape index (κ1) is 22.6. The van der Waals surface area contributed by atoms with Crippen molar-refractivity contribution >= 4 is 22.7 Å². The smallest absolute Gasteiger partial charge is 0.434 e. The summed E-state index contributed by atoms with van der Waals surface area (Å²) < 4.78 is 51.5. The second-order valence-corrected chi connectivity index (χ2v) is 8.47. The number of nitrogens with one attached hydrogen (secondary N) is 1. The Hall–Kier alpha value is -3.21. The van der Waals surface area contributed by atoms with Crippen LogP contribution >= 0.6 is 0 Å². The van der Waals surface area contributed by atoms with Crippen LogP contribution in [0.25, 0.3) is 11.0 Å². The lowest BCUT2D eigenvalue weighted by molar-refractivity contribution is -0.141. The maximum atomic E-state index is 13.3. The van der Waals surface area contributed by atoms with E-state index in [2.05, 4.69) is 30.2 Å². The number of halogens is 3. The Morgan fingerprint density at radius 3 is 2.44 bits per heavy atom. The van der Waals surface area contributed by atoms with Crippen LogP contribution in [0.4, 0.5) is 24.8 Å². The number of benzene rings is 1. The quantitative estimate of drug-likeness (QED) is 0.592. The third-order valence-corrected chi connectivity index (χ3v) is 6.13. The van der Waals surface area contributed by atoms with Crippen molar-refractivity contribution in [3.05, 3.63) is 42.5 Å². The SMILES string of the molecule is FC(F)(F)c1cnc2c(O[C@H]3CC[C@@H](Nc4ncccn4)CC3)cc(N3CCOCC3)cc2n1. The molecule has 1 aliphatic carbocycles. The van der Waals surface area contributed by atoms with Gasteiger partial charge in [-0.05, 0) is 37.8 Å². The van der Waals surface area contributed by atoms with Gasteiger partial charge in [-0.15, -0.1) is 0 Å². The van der Waals surface area contributed by atoms with Gasteiger partial charge >= 0.3 is 6.18 Å². The number of aromatic nitrogens is 4. The summed E-state index contributed by atoms with van der Waals surface area (Å²) in [6.45, 7) is 2.42. The molecule has 3 heterocycles. The number of ether oxygens (including phenoxy) is 2. The van der Waals surface area contributed by atoms with Crippen LogP contribution < -0.4 is 15.0 Å². The van der Waals surface area contributed by atoms with E-state index in [1.165, 1.54) is 0 Å². The first-order valence-electron chi connectivity index (χ1n) is 11.4. The zero-order valence-electron chi connectivity index (χ0n) is 18.5. The minimum Gasteiger partial charge on any atom is -0.488 e. The molecule has 1 aliphatic heterocycles. The maximum absolute atomic E-state index is 13.3. The molecule has 0 radical (unpaired) electrons. The van der Waals surface area contributed by atoms with E-state index >= 15 is 0 Å². The van der Waals surface area contributed by atoms with Gasteiger partial charge in [0.15, 0.2) is 5.69 Å². The molecule has 5 rings (SSSR count). The molecule has 11 heteroatoms. The molecule has 0 spiro atoms. The number of nitrogens with zero attached hydrogens (tertiary/aromatic N) is 5. The van der Waals surface area contributed by atoms with E-state index in [1.54, 1.807) is 24.5 Å². The summed E-state index contributed by atoms with van der Waals surface area (Å²) in [7, 11) is 0. The number of morpholine rings is 1. The molecule has 2 aromatic heterocycles. The van der Waals surface area contributed by atoms with Crippen molar-refractivity contribution in [2.45, 2.75) is 44.0 Å². The lowest BCUT2D eigenvalue weighted by atomic mass is 9.93. The first-order chi connectivity index (χ1) is 16.5. The Bertz CT molecular complexity index is 1120. The van der Waals surface area contributed by atoms with Gasteiger partial charge in [0.05, 0.1) is 31.0 Å². The first-order valence-corrected chi connectivity index (χ1v) is 11.4. The fourth-order valence-electron chi connectivity index (χ4n) is 4.37. The molecule has 2 fully saturated rings. The molecule has 0 amide bonds. The highest BCUT2D eigenvalue weighted by Gasteiger charge is 2.34. The molecule has 0 atom stereocenters. The number of anilines is 2. The van der Waals surface area contributed by atoms with Crippen LogP contribution in [-0.2, 0) is 10.9 Å². The van der Waals surface area contributed by atoms with Gasteiger partial charge in [0.1, 0.15) is 11.3 Å². The average Bonchev–Trinajstić information content (AvgIpc) is 2.85. The molecular weight excluding hydrogens is 449 g/mol.